The van der Waals surface area contributed by atoms with Crippen LogP contribution >= 0.6 is 11.6 Å². The van der Waals surface area contributed by atoms with Gasteiger partial charge in [0.15, 0.2) is 0 Å². The maximum Gasteiger partial charge on any atom is 0.322 e. The number of hydrogen-bond donors (Lipinski definition) is 0. The van der Waals surface area contributed by atoms with Crippen LogP contribution in [0.15, 0.2) is 0 Å². The predicted molar refractivity (Wildman–Crippen MR) is 59.5 cm³/mol. The summed E-state index contributed by atoms with van der Waals surface area (Å²) in [6, 6.07) is 2.24. The molecule has 0 aliphatic rings. The summed E-state index contributed by atoms with van der Waals surface area (Å²) in [7, 11) is 1.78. The van der Waals surface area contributed by atoms with Crippen LogP contribution in [0.3, 0.4) is 0 Å². The second-order valence-electron chi connectivity index (χ2n) is 2.95. The Bertz CT molecular complexity index is 392. The van der Waals surface area contributed by atoms with Gasteiger partial charge in [-0.3, -0.25) is 0 Å². The minimum atomic E-state index is 0.0808. The second kappa shape index (κ2) is 6.08. The fourth-order valence-corrected chi connectivity index (χ4v) is 1.15. The Labute approximate surface area is 98.8 Å². The number of hydrogen-bond acceptors (Lipinski definition) is 6. The molecule has 0 saturated carbocycles. The summed E-state index contributed by atoms with van der Waals surface area (Å²) in [4.78, 5) is 13.5. The molecule has 16 heavy (non-hydrogen) atoms. The summed E-state index contributed by atoms with van der Waals surface area (Å²) in [5.41, 5.74) is 0. The molecule has 0 aliphatic heterocycles. The molecule has 0 atom stereocenters. The molecule has 1 rings (SSSR count). The van der Waals surface area contributed by atoms with E-state index in [-0.39, 0.29) is 11.3 Å². The van der Waals surface area contributed by atoms with Crippen LogP contribution in [-0.2, 0) is 0 Å². The molecule has 0 bridgehead atoms. The number of aromatic nitrogens is 3. The van der Waals surface area contributed by atoms with Gasteiger partial charge in [0.05, 0.1) is 19.1 Å². The summed E-state index contributed by atoms with van der Waals surface area (Å²) in [6.45, 7) is 2.82. The average molecular weight is 242 g/mol. The van der Waals surface area contributed by atoms with Crippen LogP contribution in [0.1, 0.15) is 13.3 Å². The van der Waals surface area contributed by atoms with Crippen molar-refractivity contribution in [1.82, 2.24) is 15.0 Å². The van der Waals surface area contributed by atoms with Crippen LogP contribution in [0.2, 0.25) is 5.28 Å². The Kier molecular flexibility index (Phi) is 4.73. The number of nitriles is 1. The van der Waals surface area contributed by atoms with E-state index in [1.54, 1.807) is 11.9 Å². The SMILES string of the molecule is CCOc1nc(Cl)nc(N(C)CCC#N)n1. The summed E-state index contributed by atoms with van der Waals surface area (Å²) in [5, 5.41) is 8.56. The highest BCUT2D eigenvalue weighted by Crippen LogP contribution is 2.14. The zero-order valence-electron chi connectivity index (χ0n) is 9.14. The molecule has 6 nitrogen and oxygen atoms in total. The van der Waals surface area contributed by atoms with Gasteiger partial charge in [-0.1, -0.05) is 0 Å². The summed E-state index contributed by atoms with van der Waals surface area (Å²) in [5.74, 6) is 0.402. The van der Waals surface area contributed by atoms with E-state index in [1.165, 1.54) is 0 Å². The van der Waals surface area contributed by atoms with Crippen LogP contribution < -0.4 is 9.64 Å². The maximum absolute atomic E-state index is 8.47. The minimum Gasteiger partial charge on any atom is -0.464 e. The standard InChI is InChI=1S/C9H12ClN5O/c1-3-16-9-13-7(10)12-8(14-9)15(2)6-4-5-11/h3-4,6H2,1-2H3. The van der Waals surface area contributed by atoms with Gasteiger partial charge in [-0.25, -0.2) is 0 Å². The lowest BCUT2D eigenvalue weighted by molar-refractivity contribution is 0.311. The molecule has 0 aromatic carbocycles. The Hall–Kier alpha value is -1.61. The highest BCUT2D eigenvalue weighted by molar-refractivity contribution is 6.28. The summed E-state index contributed by atoms with van der Waals surface area (Å²) >= 11 is 5.73. The summed E-state index contributed by atoms with van der Waals surface area (Å²) in [6.07, 6.45) is 0.393. The van der Waals surface area contributed by atoms with Crippen molar-refractivity contribution in [2.75, 3.05) is 25.1 Å². The largest absolute Gasteiger partial charge is 0.464 e. The molecular weight excluding hydrogens is 230 g/mol. The third kappa shape index (κ3) is 3.51. The van der Waals surface area contributed by atoms with E-state index in [2.05, 4.69) is 15.0 Å². The fraction of sp³-hybridized carbons (Fsp3) is 0.556. The van der Waals surface area contributed by atoms with Gasteiger partial charge in [0.25, 0.3) is 0 Å². The Morgan fingerprint density at radius 2 is 2.19 bits per heavy atom. The lowest BCUT2D eigenvalue weighted by atomic mass is 10.4. The maximum atomic E-state index is 8.47. The molecule has 1 heterocycles. The quantitative estimate of drug-likeness (QED) is 0.773. The van der Waals surface area contributed by atoms with Crippen molar-refractivity contribution >= 4 is 17.5 Å². The third-order valence-corrected chi connectivity index (χ3v) is 1.92. The number of ether oxygens (including phenoxy) is 1. The van der Waals surface area contributed by atoms with Crippen LogP contribution in [0.4, 0.5) is 5.95 Å². The second-order valence-corrected chi connectivity index (χ2v) is 3.29. The van der Waals surface area contributed by atoms with Gasteiger partial charge in [-0.15, -0.1) is 0 Å². The lowest BCUT2D eigenvalue weighted by Crippen LogP contribution is -2.21. The summed E-state index contributed by atoms with van der Waals surface area (Å²) < 4.78 is 5.14. The van der Waals surface area contributed by atoms with Crippen molar-refractivity contribution in [1.29, 1.82) is 5.26 Å². The van der Waals surface area contributed by atoms with Gasteiger partial charge in [-0.2, -0.15) is 20.2 Å². The van der Waals surface area contributed by atoms with Crippen molar-refractivity contribution in [3.05, 3.63) is 5.28 Å². The predicted octanol–water partition coefficient (Wildman–Crippen LogP) is 1.27. The van der Waals surface area contributed by atoms with Gasteiger partial charge in [0, 0.05) is 13.6 Å². The van der Waals surface area contributed by atoms with Gasteiger partial charge in [-0.05, 0) is 18.5 Å². The molecule has 0 unspecified atom stereocenters. The number of rotatable bonds is 5. The highest BCUT2D eigenvalue weighted by atomic mass is 35.5. The molecule has 1 aromatic heterocycles. The molecule has 1 aromatic rings. The molecule has 0 amide bonds. The molecule has 0 fully saturated rings. The first kappa shape index (κ1) is 12.5. The minimum absolute atomic E-state index is 0.0808. The van der Waals surface area contributed by atoms with E-state index >= 15 is 0 Å². The highest BCUT2D eigenvalue weighted by Gasteiger charge is 2.09. The Morgan fingerprint density at radius 3 is 2.81 bits per heavy atom. The van der Waals surface area contributed by atoms with Gasteiger partial charge >= 0.3 is 6.01 Å². The van der Waals surface area contributed by atoms with E-state index < -0.39 is 0 Å². The molecule has 0 aliphatic carbocycles. The van der Waals surface area contributed by atoms with Crippen molar-refractivity contribution in [2.45, 2.75) is 13.3 Å². The lowest BCUT2D eigenvalue weighted by Gasteiger charge is -2.15. The van der Waals surface area contributed by atoms with E-state index in [1.807, 2.05) is 13.0 Å². The van der Waals surface area contributed by atoms with Gasteiger partial charge in [0.1, 0.15) is 0 Å². The van der Waals surface area contributed by atoms with Crippen molar-refractivity contribution in [3.8, 4) is 12.1 Å². The Morgan fingerprint density at radius 1 is 1.44 bits per heavy atom. The van der Waals surface area contributed by atoms with Crippen LogP contribution in [-0.4, -0.2) is 35.2 Å². The first-order valence-corrected chi connectivity index (χ1v) is 5.17. The molecule has 0 radical (unpaired) electrons. The normalized spacial score (nSPS) is 9.62. The first-order valence-electron chi connectivity index (χ1n) is 4.79. The van der Waals surface area contributed by atoms with Crippen LogP contribution in [0.5, 0.6) is 6.01 Å². The zero-order valence-corrected chi connectivity index (χ0v) is 9.90. The van der Waals surface area contributed by atoms with E-state index in [0.717, 1.165) is 0 Å². The molecule has 0 N–H and O–H groups in total. The number of anilines is 1. The number of nitrogens with zero attached hydrogens (tertiary/aromatic N) is 5. The van der Waals surface area contributed by atoms with Crippen molar-refractivity contribution in [3.63, 3.8) is 0 Å². The van der Waals surface area contributed by atoms with Crippen LogP contribution in [0.25, 0.3) is 0 Å². The average Bonchev–Trinajstić information content (AvgIpc) is 2.25. The molecule has 0 spiro atoms. The van der Waals surface area contributed by atoms with Crippen molar-refractivity contribution in [2.24, 2.45) is 0 Å². The molecular formula is C9H12ClN5O. The third-order valence-electron chi connectivity index (χ3n) is 1.75. The van der Waals surface area contributed by atoms with Gasteiger partial charge in [0.2, 0.25) is 11.2 Å². The first-order chi connectivity index (χ1) is 7.67. The smallest absolute Gasteiger partial charge is 0.322 e. The molecule has 86 valence electrons. The van der Waals surface area contributed by atoms with Crippen molar-refractivity contribution < 1.29 is 4.74 Å². The van der Waals surface area contributed by atoms with E-state index in [9.17, 15) is 0 Å². The molecule has 7 heteroatoms. The monoisotopic (exact) mass is 241 g/mol. The van der Waals surface area contributed by atoms with E-state index in [4.69, 9.17) is 21.6 Å². The van der Waals surface area contributed by atoms with Crippen LogP contribution in [0, 0.1) is 11.3 Å². The van der Waals surface area contributed by atoms with E-state index in [0.29, 0.717) is 25.5 Å². The fourth-order valence-electron chi connectivity index (χ4n) is 1.00. The Balaban J connectivity index is 2.82. The number of halogens is 1. The zero-order chi connectivity index (χ0) is 12.0. The van der Waals surface area contributed by atoms with Gasteiger partial charge < -0.3 is 9.64 Å². The topological polar surface area (TPSA) is 74.9 Å². The molecule has 0 saturated heterocycles.